The Bertz CT molecular complexity index is 1050. The van der Waals surface area contributed by atoms with Gasteiger partial charge in [-0.25, -0.2) is 4.39 Å². The topological polar surface area (TPSA) is 56.1 Å². The molecule has 0 radical (unpaired) electrons. The molecule has 0 bridgehead atoms. The highest BCUT2D eigenvalue weighted by atomic mass is 19.1. The van der Waals surface area contributed by atoms with Crippen LogP contribution in [0.5, 0.6) is 0 Å². The number of nitriles is 1. The fraction of sp³-hybridized carbons (Fsp3) is 0.360. The van der Waals surface area contributed by atoms with Crippen molar-refractivity contribution in [3.05, 3.63) is 64.5 Å². The SMILES string of the molecule is CCc1ccccc1NC(=O)/C(C#N)=C/c1cc2c(cc1F)N(C)C(C)(C)CC2C. The summed E-state index contributed by atoms with van der Waals surface area (Å²) in [5.74, 6) is -0.739. The third-order valence-electron chi connectivity index (χ3n) is 6.06. The lowest BCUT2D eigenvalue weighted by Crippen LogP contribution is -2.45. The summed E-state index contributed by atoms with van der Waals surface area (Å²) in [6, 6.07) is 12.6. The van der Waals surface area contributed by atoms with Crippen molar-refractivity contribution in [1.29, 1.82) is 5.26 Å². The summed E-state index contributed by atoms with van der Waals surface area (Å²) < 4.78 is 14.9. The van der Waals surface area contributed by atoms with Crippen molar-refractivity contribution >= 4 is 23.4 Å². The minimum absolute atomic E-state index is 0.0689. The molecule has 0 aliphatic carbocycles. The van der Waals surface area contributed by atoms with E-state index in [1.54, 1.807) is 12.1 Å². The van der Waals surface area contributed by atoms with Gasteiger partial charge in [-0.15, -0.1) is 0 Å². The minimum Gasteiger partial charge on any atom is -0.369 e. The average Bonchev–Trinajstić information content (AvgIpc) is 2.71. The van der Waals surface area contributed by atoms with Gasteiger partial charge in [0.25, 0.3) is 5.91 Å². The molecule has 2 aromatic carbocycles. The lowest BCUT2D eigenvalue weighted by atomic mass is 9.80. The first-order valence-electron chi connectivity index (χ1n) is 10.3. The van der Waals surface area contributed by atoms with Crippen molar-refractivity contribution in [2.24, 2.45) is 0 Å². The zero-order valence-electron chi connectivity index (χ0n) is 18.2. The van der Waals surface area contributed by atoms with Crippen LogP contribution in [-0.2, 0) is 11.2 Å². The number of carbonyl (C=O) groups is 1. The summed E-state index contributed by atoms with van der Waals surface area (Å²) in [4.78, 5) is 14.8. The Morgan fingerprint density at radius 1 is 1.37 bits per heavy atom. The Hall–Kier alpha value is -3.13. The van der Waals surface area contributed by atoms with Gasteiger partial charge in [-0.2, -0.15) is 5.26 Å². The number of nitrogens with one attached hydrogen (secondary N) is 1. The Morgan fingerprint density at radius 3 is 2.73 bits per heavy atom. The van der Waals surface area contributed by atoms with E-state index in [0.29, 0.717) is 5.69 Å². The Kier molecular flexibility index (Phi) is 5.98. The van der Waals surface area contributed by atoms with Crippen LogP contribution in [0.1, 0.15) is 56.7 Å². The number of anilines is 2. The minimum atomic E-state index is -0.540. The summed E-state index contributed by atoms with van der Waals surface area (Å²) in [6.45, 7) is 8.40. The number of carbonyl (C=O) groups excluding carboxylic acids is 1. The van der Waals surface area contributed by atoms with E-state index in [2.05, 4.69) is 31.0 Å². The Labute approximate surface area is 178 Å². The van der Waals surface area contributed by atoms with Crippen LogP contribution in [-0.4, -0.2) is 18.5 Å². The zero-order valence-corrected chi connectivity index (χ0v) is 18.2. The second kappa shape index (κ2) is 8.31. The van der Waals surface area contributed by atoms with E-state index >= 15 is 0 Å². The lowest BCUT2D eigenvalue weighted by molar-refractivity contribution is -0.112. The van der Waals surface area contributed by atoms with Crippen molar-refractivity contribution in [3.8, 4) is 6.07 Å². The maximum Gasteiger partial charge on any atom is 0.266 e. The monoisotopic (exact) mass is 405 g/mol. The number of nitrogens with zero attached hydrogens (tertiary/aromatic N) is 2. The van der Waals surface area contributed by atoms with Gasteiger partial charge in [-0.05, 0) is 68.0 Å². The van der Waals surface area contributed by atoms with E-state index in [1.807, 2.05) is 38.2 Å². The fourth-order valence-electron chi connectivity index (χ4n) is 4.16. The Morgan fingerprint density at radius 2 is 2.07 bits per heavy atom. The molecule has 1 aliphatic heterocycles. The van der Waals surface area contributed by atoms with Gasteiger partial charge in [-0.3, -0.25) is 4.79 Å². The molecule has 0 fully saturated rings. The number of amides is 1. The van der Waals surface area contributed by atoms with E-state index in [9.17, 15) is 14.4 Å². The molecular weight excluding hydrogens is 377 g/mol. The molecule has 30 heavy (non-hydrogen) atoms. The molecular formula is C25H28FN3O. The molecule has 0 aromatic heterocycles. The highest BCUT2D eigenvalue weighted by molar-refractivity contribution is 6.10. The highest BCUT2D eigenvalue weighted by Crippen LogP contribution is 2.43. The molecule has 4 nitrogen and oxygen atoms in total. The maximum absolute atomic E-state index is 14.9. The lowest BCUT2D eigenvalue weighted by Gasteiger charge is -2.45. The number of aryl methyl sites for hydroxylation is 1. The number of rotatable bonds is 4. The van der Waals surface area contributed by atoms with Crippen molar-refractivity contribution < 1.29 is 9.18 Å². The summed E-state index contributed by atoms with van der Waals surface area (Å²) >= 11 is 0. The number of para-hydroxylation sites is 1. The molecule has 0 spiro atoms. The fourth-order valence-corrected chi connectivity index (χ4v) is 4.16. The van der Waals surface area contributed by atoms with Crippen LogP contribution in [0.15, 0.2) is 42.0 Å². The van der Waals surface area contributed by atoms with E-state index in [-0.39, 0.29) is 22.6 Å². The van der Waals surface area contributed by atoms with Crippen LogP contribution in [0, 0.1) is 17.1 Å². The van der Waals surface area contributed by atoms with Gasteiger partial charge < -0.3 is 10.2 Å². The molecule has 1 aliphatic rings. The molecule has 1 heterocycles. The second-order valence-electron chi connectivity index (χ2n) is 8.54. The summed E-state index contributed by atoms with van der Waals surface area (Å²) in [5.41, 5.74) is 3.57. The normalized spacial score (nSPS) is 17.8. The first-order chi connectivity index (χ1) is 14.2. The van der Waals surface area contributed by atoms with Crippen molar-refractivity contribution in [2.75, 3.05) is 17.3 Å². The van der Waals surface area contributed by atoms with Crippen molar-refractivity contribution in [2.45, 2.75) is 52.0 Å². The number of halogens is 1. The zero-order chi connectivity index (χ0) is 22.1. The number of hydrogen-bond acceptors (Lipinski definition) is 3. The van der Waals surface area contributed by atoms with Crippen LogP contribution < -0.4 is 10.2 Å². The van der Waals surface area contributed by atoms with Gasteiger partial charge in [0.1, 0.15) is 17.5 Å². The van der Waals surface area contributed by atoms with Crippen LogP contribution in [0.2, 0.25) is 0 Å². The maximum atomic E-state index is 14.9. The van der Waals surface area contributed by atoms with Crippen LogP contribution in [0.25, 0.3) is 6.08 Å². The predicted molar refractivity (Wildman–Crippen MR) is 120 cm³/mol. The molecule has 1 amide bonds. The molecule has 0 saturated heterocycles. The van der Waals surface area contributed by atoms with E-state index in [4.69, 9.17) is 0 Å². The number of hydrogen-bond donors (Lipinski definition) is 1. The molecule has 1 N–H and O–H groups in total. The smallest absolute Gasteiger partial charge is 0.266 e. The van der Waals surface area contributed by atoms with Gasteiger partial charge in [0, 0.05) is 29.5 Å². The van der Waals surface area contributed by atoms with Gasteiger partial charge in [0.05, 0.1) is 0 Å². The van der Waals surface area contributed by atoms with E-state index in [1.165, 1.54) is 12.1 Å². The molecule has 0 saturated carbocycles. The number of fused-ring (bicyclic) bond motifs is 1. The van der Waals surface area contributed by atoms with Gasteiger partial charge >= 0.3 is 0 Å². The van der Waals surface area contributed by atoms with E-state index < -0.39 is 11.7 Å². The van der Waals surface area contributed by atoms with Gasteiger partial charge in [0.2, 0.25) is 0 Å². The molecule has 1 unspecified atom stereocenters. The average molecular weight is 406 g/mol. The number of benzene rings is 2. The van der Waals surface area contributed by atoms with Crippen LogP contribution in [0.4, 0.5) is 15.8 Å². The summed E-state index contributed by atoms with van der Waals surface area (Å²) in [5, 5.41) is 12.3. The molecule has 3 rings (SSSR count). The molecule has 2 aromatic rings. The van der Waals surface area contributed by atoms with Gasteiger partial charge in [-0.1, -0.05) is 32.0 Å². The van der Waals surface area contributed by atoms with Crippen LogP contribution in [0.3, 0.4) is 0 Å². The highest BCUT2D eigenvalue weighted by Gasteiger charge is 2.34. The standard InChI is InChI=1S/C25H28FN3O/c1-6-17-9-7-8-10-22(17)28-24(30)19(15-27)11-18-12-20-16(2)14-25(3,4)29(5)23(20)13-21(18)26/h7-13,16H,6,14H2,1-5H3,(H,28,30)/b19-11+. The first kappa shape index (κ1) is 21.6. The largest absolute Gasteiger partial charge is 0.369 e. The van der Waals surface area contributed by atoms with E-state index in [0.717, 1.165) is 29.7 Å². The summed E-state index contributed by atoms with van der Waals surface area (Å²) in [7, 11) is 1.97. The summed E-state index contributed by atoms with van der Waals surface area (Å²) in [6.07, 6.45) is 3.03. The third kappa shape index (κ3) is 4.09. The van der Waals surface area contributed by atoms with Crippen molar-refractivity contribution in [1.82, 2.24) is 0 Å². The third-order valence-corrected chi connectivity index (χ3v) is 6.06. The molecule has 1 atom stereocenters. The molecule has 5 heteroatoms. The van der Waals surface area contributed by atoms with Crippen LogP contribution >= 0.6 is 0 Å². The first-order valence-corrected chi connectivity index (χ1v) is 10.3. The second-order valence-corrected chi connectivity index (χ2v) is 8.54. The van der Waals surface area contributed by atoms with Gasteiger partial charge in [0.15, 0.2) is 0 Å². The molecule has 156 valence electrons. The predicted octanol–water partition coefficient (Wildman–Crippen LogP) is 5.66. The Balaban J connectivity index is 1.96. The quantitative estimate of drug-likeness (QED) is 0.528. The van der Waals surface area contributed by atoms with Crippen molar-refractivity contribution in [3.63, 3.8) is 0 Å².